The molecular formula is C12H14N2. The molecule has 1 fully saturated rings. The molecule has 2 nitrogen and oxygen atoms in total. The quantitative estimate of drug-likeness (QED) is 0.430. The highest BCUT2D eigenvalue weighted by atomic mass is 14.3. The monoisotopic (exact) mass is 186 g/mol. The van der Waals surface area contributed by atoms with Crippen LogP contribution in [0, 0.1) is 22.7 Å². The average Bonchev–Trinajstić information content (AvgIpc) is 2.20. The van der Waals surface area contributed by atoms with Gasteiger partial charge in [0.15, 0.2) is 0 Å². The summed E-state index contributed by atoms with van der Waals surface area (Å²) in [6.45, 7) is 4.25. The van der Waals surface area contributed by atoms with E-state index in [-0.39, 0.29) is 0 Å². The van der Waals surface area contributed by atoms with E-state index in [1.165, 1.54) is 11.1 Å². The minimum absolute atomic E-state index is 0.331. The Hall–Kier alpha value is -1.54. The molecule has 1 saturated carbocycles. The number of allylic oxidation sites excluding steroid dienone is 4. The van der Waals surface area contributed by atoms with E-state index in [9.17, 15) is 0 Å². The maximum absolute atomic E-state index is 8.71. The van der Waals surface area contributed by atoms with E-state index in [0.29, 0.717) is 5.57 Å². The Labute approximate surface area is 85.2 Å². The first-order chi connectivity index (χ1) is 6.69. The maximum atomic E-state index is 8.71. The fourth-order valence-corrected chi connectivity index (χ4v) is 1.79. The van der Waals surface area contributed by atoms with Crippen molar-refractivity contribution in [2.75, 3.05) is 0 Å². The van der Waals surface area contributed by atoms with Crippen molar-refractivity contribution in [3.63, 3.8) is 0 Å². The highest BCUT2D eigenvalue weighted by molar-refractivity contribution is 5.41. The molecule has 14 heavy (non-hydrogen) atoms. The maximum Gasteiger partial charge on any atom is 0.128 e. The van der Waals surface area contributed by atoms with Gasteiger partial charge >= 0.3 is 0 Å². The molecule has 0 aliphatic heterocycles. The molecule has 0 atom stereocenters. The molecule has 0 aromatic heterocycles. The second-order valence-corrected chi connectivity index (χ2v) is 3.81. The van der Waals surface area contributed by atoms with E-state index >= 15 is 0 Å². The molecule has 1 rings (SSSR count). The molecule has 0 aromatic carbocycles. The number of rotatable bonds is 0. The molecule has 0 amide bonds. The van der Waals surface area contributed by atoms with Crippen LogP contribution in [0.1, 0.15) is 39.5 Å². The van der Waals surface area contributed by atoms with Crippen molar-refractivity contribution in [1.82, 2.24) is 0 Å². The minimum Gasteiger partial charge on any atom is -0.192 e. The van der Waals surface area contributed by atoms with Crippen LogP contribution in [0.2, 0.25) is 0 Å². The van der Waals surface area contributed by atoms with Crippen LogP contribution in [-0.2, 0) is 0 Å². The summed E-state index contributed by atoms with van der Waals surface area (Å²) in [5.74, 6) is 0. The van der Waals surface area contributed by atoms with Gasteiger partial charge in [0.1, 0.15) is 17.7 Å². The van der Waals surface area contributed by atoms with Crippen molar-refractivity contribution in [3.05, 3.63) is 22.3 Å². The van der Waals surface area contributed by atoms with Crippen molar-refractivity contribution >= 4 is 0 Å². The van der Waals surface area contributed by atoms with Crippen molar-refractivity contribution in [2.45, 2.75) is 39.5 Å². The lowest BCUT2D eigenvalue weighted by Crippen LogP contribution is -2.01. The zero-order valence-corrected chi connectivity index (χ0v) is 8.72. The first-order valence-corrected chi connectivity index (χ1v) is 4.86. The van der Waals surface area contributed by atoms with Gasteiger partial charge in [-0.25, -0.2) is 0 Å². The van der Waals surface area contributed by atoms with E-state index < -0.39 is 0 Å². The first kappa shape index (κ1) is 10.5. The van der Waals surface area contributed by atoms with Crippen LogP contribution in [0.25, 0.3) is 0 Å². The van der Waals surface area contributed by atoms with Crippen LogP contribution < -0.4 is 0 Å². The molecule has 72 valence electrons. The molecule has 1 aliphatic rings. The van der Waals surface area contributed by atoms with Crippen molar-refractivity contribution in [1.29, 1.82) is 10.5 Å². The van der Waals surface area contributed by atoms with Crippen molar-refractivity contribution in [3.8, 4) is 12.1 Å². The predicted molar refractivity (Wildman–Crippen MR) is 55.1 cm³/mol. The Morgan fingerprint density at radius 3 is 1.71 bits per heavy atom. The van der Waals surface area contributed by atoms with E-state index in [2.05, 4.69) is 13.8 Å². The Bertz CT molecular complexity index is 340. The molecule has 0 bridgehead atoms. The molecular weight excluding hydrogens is 172 g/mol. The van der Waals surface area contributed by atoms with Gasteiger partial charge in [0.05, 0.1) is 0 Å². The normalized spacial score (nSPS) is 15.7. The van der Waals surface area contributed by atoms with E-state index in [1.807, 2.05) is 12.1 Å². The summed E-state index contributed by atoms with van der Waals surface area (Å²) in [6.07, 6.45) is 3.81. The Kier molecular flexibility index (Phi) is 3.48. The Morgan fingerprint density at radius 1 is 0.929 bits per heavy atom. The van der Waals surface area contributed by atoms with E-state index in [1.54, 1.807) is 0 Å². The van der Waals surface area contributed by atoms with E-state index in [0.717, 1.165) is 31.3 Å². The number of hydrogen-bond acceptors (Lipinski definition) is 2. The molecule has 0 N–H and O–H groups in total. The topological polar surface area (TPSA) is 47.6 Å². The summed E-state index contributed by atoms with van der Waals surface area (Å²) < 4.78 is 0. The second-order valence-electron chi connectivity index (χ2n) is 3.81. The fourth-order valence-electron chi connectivity index (χ4n) is 1.79. The molecule has 1 aliphatic carbocycles. The van der Waals surface area contributed by atoms with Gasteiger partial charge in [-0.1, -0.05) is 11.1 Å². The third-order valence-corrected chi connectivity index (χ3v) is 2.74. The van der Waals surface area contributed by atoms with Crippen LogP contribution in [0.5, 0.6) is 0 Å². The summed E-state index contributed by atoms with van der Waals surface area (Å²) in [5, 5.41) is 17.4. The summed E-state index contributed by atoms with van der Waals surface area (Å²) in [7, 11) is 0. The van der Waals surface area contributed by atoms with Gasteiger partial charge in [-0.05, 0) is 45.1 Å². The highest BCUT2D eigenvalue weighted by Gasteiger charge is 2.14. The summed E-state index contributed by atoms with van der Waals surface area (Å²) in [5.41, 5.74) is 4.25. The van der Waals surface area contributed by atoms with Crippen LogP contribution in [0.15, 0.2) is 22.3 Å². The number of nitriles is 2. The molecule has 2 heteroatoms. The van der Waals surface area contributed by atoms with Crippen LogP contribution in [-0.4, -0.2) is 0 Å². The van der Waals surface area contributed by atoms with Gasteiger partial charge in [0, 0.05) is 0 Å². The molecule has 0 unspecified atom stereocenters. The molecule has 0 aromatic rings. The zero-order chi connectivity index (χ0) is 10.6. The Balaban J connectivity index is 2.80. The van der Waals surface area contributed by atoms with Crippen LogP contribution in [0.3, 0.4) is 0 Å². The number of hydrogen-bond donors (Lipinski definition) is 0. The summed E-state index contributed by atoms with van der Waals surface area (Å²) in [6, 6.07) is 3.94. The van der Waals surface area contributed by atoms with Crippen LogP contribution >= 0.6 is 0 Å². The third kappa shape index (κ3) is 2.24. The summed E-state index contributed by atoms with van der Waals surface area (Å²) >= 11 is 0. The second kappa shape index (κ2) is 4.63. The Morgan fingerprint density at radius 2 is 1.36 bits per heavy atom. The highest BCUT2D eigenvalue weighted by Crippen LogP contribution is 2.31. The third-order valence-electron chi connectivity index (χ3n) is 2.74. The van der Waals surface area contributed by atoms with Gasteiger partial charge in [0.25, 0.3) is 0 Å². The van der Waals surface area contributed by atoms with Crippen LogP contribution in [0.4, 0.5) is 0 Å². The van der Waals surface area contributed by atoms with Gasteiger partial charge in [-0.15, -0.1) is 0 Å². The van der Waals surface area contributed by atoms with Gasteiger partial charge in [0.2, 0.25) is 0 Å². The average molecular weight is 186 g/mol. The lowest BCUT2D eigenvalue weighted by atomic mass is 9.86. The van der Waals surface area contributed by atoms with Crippen molar-refractivity contribution < 1.29 is 0 Å². The molecule has 0 saturated heterocycles. The lowest BCUT2D eigenvalue weighted by Gasteiger charge is -2.18. The smallest absolute Gasteiger partial charge is 0.128 e. The SMILES string of the molecule is CC(C)=C1CCC(=C(C#N)C#N)CC1. The van der Waals surface area contributed by atoms with Gasteiger partial charge < -0.3 is 0 Å². The summed E-state index contributed by atoms with van der Waals surface area (Å²) in [4.78, 5) is 0. The standard InChI is InChI=1S/C12H14N2/c1-9(2)10-3-5-11(6-4-10)12(7-13)8-14/h3-6H2,1-2H3. The van der Waals surface area contributed by atoms with Gasteiger partial charge in [-0.2, -0.15) is 10.5 Å². The number of nitrogens with zero attached hydrogens (tertiary/aromatic N) is 2. The lowest BCUT2D eigenvalue weighted by molar-refractivity contribution is 0.714. The molecule has 0 radical (unpaired) electrons. The fraction of sp³-hybridized carbons (Fsp3) is 0.500. The zero-order valence-electron chi connectivity index (χ0n) is 8.72. The molecule has 0 spiro atoms. The largest absolute Gasteiger partial charge is 0.192 e. The van der Waals surface area contributed by atoms with E-state index in [4.69, 9.17) is 10.5 Å². The molecule has 0 heterocycles. The predicted octanol–water partition coefficient (Wildman–Crippen LogP) is 3.24. The minimum atomic E-state index is 0.331. The van der Waals surface area contributed by atoms with Crippen molar-refractivity contribution in [2.24, 2.45) is 0 Å². The van der Waals surface area contributed by atoms with Gasteiger partial charge in [-0.3, -0.25) is 0 Å². The first-order valence-electron chi connectivity index (χ1n) is 4.86.